The molecule has 1 aliphatic carbocycles. The van der Waals surface area contributed by atoms with E-state index in [-0.39, 0.29) is 5.75 Å². The Labute approximate surface area is 79.9 Å². The van der Waals surface area contributed by atoms with Gasteiger partial charge in [-0.25, -0.2) is 13.6 Å². The Hall–Kier alpha value is -0.130. The van der Waals surface area contributed by atoms with Crippen molar-refractivity contribution in [3.05, 3.63) is 0 Å². The maximum Gasteiger partial charge on any atom is 0.210 e. The van der Waals surface area contributed by atoms with Crippen LogP contribution in [-0.4, -0.2) is 27.3 Å². The minimum absolute atomic E-state index is 0.0321. The summed E-state index contributed by atoms with van der Waals surface area (Å²) in [5.74, 6) is 1.56. The molecule has 1 rings (SSSR count). The molecular formula is C8H18N2O2S. The number of nitrogens with one attached hydrogen (secondary N) is 1. The first-order chi connectivity index (χ1) is 5.99. The number of rotatable bonds is 6. The summed E-state index contributed by atoms with van der Waals surface area (Å²) in [6.45, 7) is 3.57. The molecule has 1 unspecified atom stereocenters. The van der Waals surface area contributed by atoms with E-state index >= 15 is 0 Å². The summed E-state index contributed by atoms with van der Waals surface area (Å²) in [5.41, 5.74) is 0. The molecule has 1 saturated carbocycles. The van der Waals surface area contributed by atoms with Crippen LogP contribution < -0.4 is 10.5 Å². The largest absolute Gasteiger partial charge is 0.315 e. The van der Waals surface area contributed by atoms with Gasteiger partial charge in [0, 0.05) is 6.54 Å². The molecule has 3 N–H and O–H groups in total. The minimum atomic E-state index is -3.29. The second-order valence-corrected chi connectivity index (χ2v) is 5.62. The first-order valence-corrected chi connectivity index (χ1v) is 6.42. The lowest BCUT2D eigenvalue weighted by Crippen LogP contribution is -2.30. The van der Waals surface area contributed by atoms with Crippen LogP contribution in [0.1, 0.15) is 19.8 Å². The Morgan fingerprint density at radius 2 is 2.15 bits per heavy atom. The molecular weight excluding hydrogens is 188 g/mol. The maximum atomic E-state index is 10.6. The molecule has 78 valence electrons. The molecule has 0 spiro atoms. The van der Waals surface area contributed by atoms with Gasteiger partial charge in [0.25, 0.3) is 0 Å². The van der Waals surface area contributed by atoms with Gasteiger partial charge in [0.15, 0.2) is 0 Å². The van der Waals surface area contributed by atoms with Gasteiger partial charge in [-0.15, -0.1) is 0 Å². The van der Waals surface area contributed by atoms with Crippen molar-refractivity contribution >= 4 is 10.0 Å². The summed E-state index contributed by atoms with van der Waals surface area (Å²) >= 11 is 0. The third-order valence-electron chi connectivity index (χ3n) is 2.46. The van der Waals surface area contributed by atoms with Gasteiger partial charge >= 0.3 is 0 Å². The van der Waals surface area contributed by atoms with Crippen LogP contribution >= 0.6 is 0 Å². The van der Waals surface area contributed by atoms with Crippen LogP contribution in [0.25, 0.3) is 0 Å². The molecule has 0 saturated heterocycles. The molecule has 0 aromatic rings. The summed E-state index contributed by atoms with van der Waals surface area (Å²) < 4.78 is 21.1. The van der Waals surface area contributed by atoms with Crippen LogP contribution in [0.2, 0.25) is 0 Å². The topological polar surface area (TPSA) is 72.2 Å². The molecule has 0 heterocycles. The highest BCUT2D eigenvalue weighted by atomic mass is 32.2. The molecule has 0 aliphatic heterocycles. The molecule has 1 fully saturated rings. The average Bonchev–Trinajstić information content (AvgIpc) is 2.77. The molecule has 5 heteroatoms. The highest BCUT2D eigenvalue weighted by Gasteiger charge is 2.27. The summed E-state index contributed by atoms with van der Waals surface area (Å²) in [4.78, 5) is 0. The fourth-order valence-electron chi connectivity index (χ4n) is 1.38. The van der Waals surface area contributed by atoms with Crippen molar-refractivity contribution < 1.29 is 8.42 Å². The van der Waals surface area contributed by atoms with Gasteiger partial charge in [-0.2, -0.15) is 0 Å². The normalized spacial score (nSPS) is 20.2. The van der Waals surface area contributed by atoms with E-state index in [9.17, 15) is 8.42 Å². The second-order valence-electron chi connectivity index (χ2n) is 3.89. The number of nitrogens with two attached hydrogens (primary N) is 1. The summed E-state index contributed by atoms with van der Waals surface area (Å²) in [6, 6.07) is 0. The molecule has 4 nitrogen and oxygen atoms in total. The Bertz CT molecular complexity index is 247. The molecule has 0 amide bonds. The van der Waals surface area contributed by atoms with Crippen molar-refractivity contribution in [2.45, 2.75) is 19.8 Å². The molecule has 13 heavy (non-hydrogen) atoms. The summed E-state index contributed by atoms with van der Waals surface area (Å²) in [7, 11) is -3.29. The van der Waals surface area contributed by atoms with E-state index in [1.165, 1.54) is 12.8 Å². The average molecular weight is 206 g/mol. The molecule has 1 aliphatic rings. The van der Waals surface area contributed by atoms with Crippen molar-refractivity contribution in [1.82, 2.24) is 5.32 Å². The Morgan fingerprint density at radius 1 is 1.54 bits per heavy atom. The maximum absolute atomic E-state index is 10.6. The first-order valence-electron chi connectivity index (χ1n) is 4.70. The van der Waals surface area contributed by atoms with Crippen molar-refractivity contribution in [1.29, 1.82) is 0 Å². The summed E-state index contributed by atoms with van der Waals surface area (Å²) in [6.07, 6.45) is 2.66. The molecule has 0 aromatic carbocycles. The first kappa shape index (κ1) is 10.9. The summed E-state index contributed by atoms with van der Waals surface area (Å²) in [5, 5.41) is 7.96. The van der Waals surface area contributed by atoms with Crippen molar-refractivity contribution in [3.8, 4) is 0 Å². The Morgan fingerprint density at radius 3 is 2.62 bits per heavy atom. The van der Waals surface area contributed by atoms with E-state index < -0.39 is 10.0 Å². The predicted octanol–water partition coefficient (Wildman–Crippen LogP) is -0.0894. The zero-order valence-corrected chi connectivity index (χ0v) is 8.81. The highest BCUT2D eigenvalue weighted by molar-refractivity contribution is 7.89. The van der Waals surface area contributed by atoms with E-state index in [2.05, 4.69) is 12.2 Å². The lowest BCUT2D eigenvalue weighted by atomic mass is 10.1. The van der Waals surface area contributed by atoms with Gasteiger partial charge in [-0.1, -0.05) is 6.92 Å². The SMILES string of the molecule is CC(CNCCS(N)(=O)=O)C1CC1. The van der Waals surface area contributed by atoms with Crippen molar-refractivity contribution in [3.63, 3.8) is 0 Å². The van der Waals surface area contributed by atoms with Gasteiger partial charge in [-0.05, 0) is 31.2 Å². The minimum Gasteiger partial charge on any atom is -0.315 e. The molecule has 0 aromatic heterocycles. The highest BCUT2D eigenvalue weighted by Crippen LogP contribution is 2.35. The molecule has 0 bridgehead atoms. The van der Waals surface area contributed by atoms with E-state index in [4.69, 9.17) is 5.14 Å². The van der Waals surface area contributed by atoms with Crippen LogP contribution in [0.15, 0.2) is 0 Å². The molecule has 0 radical (unpaired) electrons. The quantitative estimate of drug-likeness (QED) is 0.597. The fourth-order valence-corrected chi connectivity index (χ4v) is 1.80. The Balaban J connectivity index is 2.00. The standard InChI is InChI=1S/C8H18N2O2S/c1-7(8-2-3-8)6-10-4-5-13(9,11)12/h7-8,10H,2-6H2,1H3,(H2,9,11,12). The second kappa shape index (κ2) is 4.39. The number of primary sulfonamides is 1. The molecule has 1 atom stereocenters. The van der Waals surface area contributed by atoms with Gasteiger partial charge in [0.1, 0.15) is 0 Å². The smallest absolute Gasteiger partial charge is 0.210 e. The van der Waals surface area contributed by atoms with E-state index in [0.717, 1.165) is 12.5 Å². The van der Waals surface area contributed by atoms with Gasteiger partial charge in [-0.3, -0.25) is 0 Å². The van der Waals surface area contributed by atoms with E-state index in [0.29, 0.717) is 12.5 Å². The van der Waals surface area contributed by atoms with Crippen LogP contribution in [0.3, 0.4) is 0 Å². The zero-order valence-electron chi connectivity index (χ0n) is 7.99. The van der Waals surface area contributed by atoms with Crippen molar-refractivity contribution in [2.75, 3.05) is 18.8 Å². The lowest BCUT2D eigenvalue weighted by molar-refractivity contribution is 0.468. The Kier molecular flexibility index (Phi) is 3.70. The van der Waals surface area contributed by atoms with Gasteiger partial charge < -0.3 is 5.32 Å². The zero-order chi connectivity index (χ0) is 9.90. The predicted molar refractivity (Wildman–Crippen MR) is 52.7 cm³/mol. The van der Waals surface area contributed by atoms with Crippen LogP contribution in [0.5, 0.6) is 0 Å². The lowest BCUT2D eigenvalue weighted by Gasteiger charge is -2.10. The van der Waals surface area contributed by atoms with Gasteiger partial charge in [0.2, 0.25) is 10.0 Å². The van der Waals surface area contributed by atoms with E-state index in [1.807, 2.05) is 0 Å². The van der Waals surface area contributed by atoms with Crippen LogP contribution in [0.4, 0.5) is 0 Å². The number of hydrogen-bond donors (Lipinski definition) is 2. The van der Waals surface area contributed by atoms with Crippen LogP contribution in [0, 0.1) is 11.8 Å². The van der Waals surface area contributed by atoms with E-state index in [1.54, 1.807) is 0 Å². The fraction of sp³-hybridized carbons (Fsp3) is 1.00. The third kappa shape index (κ3) is 5.23. The van der Waals surface area contributed by atoms with Gasteiger partial charge in [0.05, 0.1) is 5.75 Å². The number of sulfonamides is 1. The third-order valence-corrected chi connectivity index (χ3v) is 3.23. The van der Waals surface area contributed by atoms with Crippen molar-refractivity contribution in [2.24, 2.45) is 17.0 Å². The van der Waals surface area contributed by atoms with Crippen LogP contribution in [-0.2, 0) is 10.0 Å². The monoisotopic (exact) mass is 206 g/mol. The number of hydrogen-bond acceptors (Lipinski definition) is 3.